The summed E-state index contributed by atoms with van der Waals surface area (Å²) in [7, 11) is 3.95. The molecule has 1 amide bonds. The van der Waals surface area contributed by atoms with E-state index in [0.29, 0.717) is 36.0 Å². The van der Waals surface area contributed by atoms with Crippen molar-refractivity contribution in [3.63, 3.8) is 0 Å². The second kappa shape index (κ2) is 9.83. The van der Waals surface area contributed by atoms with E-state index >= 15 is 0 Å². The highest BCUT2D eigenvalue weighted by Gasteiger charge is 2.06. The molecule has 0 aliphatic carbocycles. The zero-order valence-electron chi connectivity index (χ0n) is 11.7. The molecule has 0 saturated carbocycles. The lowest BCUT2D eigenvalue weighted by Gasteiger charge is -2.13. The van der Waals surface area contributed by atoms with Gasteiger partial charge in [0.1, 0.15) is 12.4 Å². The third-order valence-electron chi connectivity index (χ3n) is 2.38. The molecule has 20 heavy (non-hydrogen) atoms. The van der Waals surface area contributed by atoms with Crippen LogP contribution in [0.1, 0.15) is 6.42 Å². The maximum Gasteiger partial charge on any atom is 0.225 e. The van der Waals surface area contributed by atoms with Crippen molar-refractivity contribution in [1.82, 2.24) is 4.90 Å². The summed E-state index contributed by atoms with van der Waals surface area (Å²) in [6.45, 7) is 1.70. The molecule has 5 nitrogen and oxygen atoms in total. The van der Waals surface area contributed by atoms with Crippen molar-refractivity contribution in [3.8, 4) is 5.75 Å². The zero-order valence-corrected chi connectivity index (χ0v) is 13.3. The standard InChI is InChI=1S/C13H20ClN3O2.ClH/c1-17(2)7-8-19-12-4-3-10(9-11(12)14)16-13(18)5-6-15;/h3-4,9H,5-8,15H2,1-2H3,(H,16,18);1H. The maximum absolute atomic E-state index is 11.4. The predicted octanol–water partition coefficient (Wildman–Crippen LogP) is 1.99. The van der Waals surface area contributed by atoms with Crippen LogP contribution in [-0.2, 0) is 4.79 Å². The van der Waals surface area contributed by atoms with Crippen molar-refractivity contribution < 1.29 is 9.53 Å². The van der Waals surface area contributed by atoms with Crippen LogP contribution in [0.2, 0.25) is 5.02 Å². The largest absolute Gasteiger partial charge is 0.491 e. The molecule has 7 heteroatoms. The third kappa shape index (κ3) is 6.96. The Balaban J connectivity index is 0.00000361. The number of halogens is 2. The SMILES string of the molecule is CN(C)CCOc1ccc(NC(=O)CCN)cc1Cl.Cl. The first-order valence-electron chi connectivity index (χ1n) is 6.10. The normalized spacial score (nSPS) is 10.1. The van der Waals surface area contributed by atoms with Gasteiger partial charge in [0.25, 0.3) is 0 Å². The highest BCUT2D eigenvalue weighted by Crippen LogP contribution is 2.27. The molecule has 0 bridgehead atoms. The summed E-state index contributed by atoms with van der Waals surface area (Å²) in [5, 5.41) is 3.19. The summed E-state index contributed by atoms with van der Waals surface area (Å²) >= 11 is 6.09. The lowest BCUT2D eigenvalue weighted by Crippen LogP contribution is -2.19. The number of nitrogens with one attached hydrogen (secondary N) is 1. The fraction of sp³-hybridized carbons (Fsp3) is 0.462. The fourth-order valence-corrected chi connectivity index (χ4v) is 1.62. The van der Waals surface area contributed by atoms with Gasteiger partial charge >= 0.3 is 0 Å². The Labute approximate surface area is 130 Å². The lowest BCUT2D eigenvalue weighted by molar-refractivity contribution is -0.116. The van der Waals surface area contributed by atoms with Gasteiger partial charge in [0, 0.05) is 25.2 Å². The average molecular weight is 322 g/mol. The molecule has 0 aromatic heterocycles. The third-order valence-corrected chi connectivity index (χ3v) is 2.68. The summed E-state index contributed by atoms with van der Waals surface area (Å²) in [4.78, 5) is 13.4. The van der Waals surface area contributed by atoms with E-state index in [2.05, 4.69) is 5.32 Å². The molecule has 0 fully saturated rings. The van der Waals surface area contributed by atoms with Gasteiger partial charge in [-0.25, -0.2) is 0 Å². The number of amides is 1. The van der Waals surface area contributed by atoms with Crippen LogP contribution in [0.15, 0.2) is 18.2 Å². The molecule has 114 valence electrons. The number of carbonyl (C=O) groups is 1. The minimum absolute atomic E-state index is 0. The van der Waals surface area contributed by atoms with E-state index in [-0.39, 0.29) is 18.3 Å². The van der Waals surface area contributed by atoms with Crippen LogP contribution in [0.4, 0.5) is 5.69 Å². The number of carbonyl (C=O) groups excluding carboxylic acids is 1. The van der Waals surface area contributed by atoms with Crippen LogP contribution in [0, 0.1) is 0 Å². The Bertz CT molecular complexity index is 428. The summed E-state index contributed by atoms with van der Waals surface area (Å²) in [6.07, 6.45) is 0.290. The van der Waals surface area contributed by atoms with Crippen LogP contribution >= 0.6 is 24.0 Å². The van der Waals surface area contributed by atoms with Gasteiger partial charge in [-0.2, -0.15) is 0 Å². The first kappa shape index (κ1) is 19.0. The number of likely N-dealkylation sites (N-methyl/N-ethyl adjacent to an activating group) is 1. The number of anilines is 1. The fourth-order valence-electron chi connectivity index (χ4n) is 1.39. The lowest BCUT2D eigenvalue weighted by atomic mass is 10.3. The molecule has 1 rings (SSSR count). The van der Waals surface area contributed by atoms with Gasteiger partial charge in [-0.15, -0.1) is 12.4 Å². The first-order chi connectivity index (χ1) is 9.02. The molecule has 1 aromatic rings. The predicted molar refractivity (Wildman–Crippen MR) is 85.1 cm³/mol. The summed E-state index contributed by atoms with van der Waals surface area (Å²) in [6, 6.07) is 5.17. The molecule has 0 heterocycles. The molecular weight excluding hydrogens is 301 g/mol. The van der Waals surface area contributed by atoms with E-state index in [0.717, 1.165) is 6.54 Å². The van der Waals surface area contributed by atoms with E-state index in [4.69, 9.17) is 22.1 Å². The molecule has 0 atom stereocenters. The molecule has 0 spiro atoms. The smallest absolute Gasteiger partial charge is 0.225 e. The average Bonchev–Trinajstić information content (AvgIpc) is 2.31. The number of benzene rings is 1. The van der Waals surface area contributed by atoms with Crippen molar-refractivity contribution >= 4 is 35.6 Å². The molecule has 3 N–H and O–H groups in total. The van der Waals surface area contributed by atoms with Gasteiger partial charge in [-0.1, -0.05) is 11.6 Å². The van der Waals surface area contributed by atoms with E-state index in [1.54, 1.807) is 18.2 Å². The second-order valence-corrected chi connectivity index (χ2v) is 4.79. The number of rotatable bonds is 7. The van der Waals surface area contributed by atoms with Crippen molar-refractivity contribution in [2.75, 3.05) is 39.1 Å². The number of hydrogen-bond acceptors (Lipinski definition) is 4. The second-order valence-electron chi connectivity index (χ2n) is 4.38. The van der Waals surface area contributed by atoms with E-state index in [1.165, 1.54) is 0 Å². The van der Waals surface area contributed by atoms with Gasteiger partial charge in [-0.05, 0) is 32.3 Å². The molecular formula is C13H21Cl2N3O2. The van der Waals surface area contributed by atoms with E-state index in [9.17, 15) is 4.79 Å². The molecule has 0 aliphatic rings. The highest BCUT2D eigenvalue weighted by atomic mass is 35.5. The van der Waals surface area contributed by atoms with Gasteiger partial charge in [-0.3, -0.25) is 4.79 Å². The summed E-state index contributed by atoms with van der Waals surface area (Å²) in [5.41, 5.74) is 5.95. The summed E-state index contributed by atoms with van der Waals surface area (Å²) in [5.74, 6) is 0.486. The van der Waals surface area contributed by atoms with Crippen molar-refractivity contribution in [2.24, 2.45) is 5.73 Å². The van der Waals surface area contributed by atoms with Crippen LogP contribution in [0.3, 0.4) is 0 Å². The minimum atomic E-state index is -0.125. The van der Waals surface area contributed by atoms with Gasteiger partial charge in [0.05, 0.1) is 5.02 Å². The number of nitrogens with zero attached hydrogens (tertiary/aromatic N) is 1. The van der Waals surface area contributed by atoms with Crippen molar-refractivity contribution in [3.05, 3.63) is 23.2 Å². The monoisotopic (exact) mass is 321 g/mol. The van der Waals surface area contributed by atoms with Gasteiger partial charge < -0.3 is 20.7 Å². The van der Waals surface area contributed by atoms with Crippen LogP contribution in [0.25, 0.3) is 0 Å². The van der Waals surface area contributed by atoms with Crippen molar-refractivity contribution in [1.29, 1.82) is 0 Å². The Kier molecular flexibility index (Phi) is 9.33. The van der Waals surface area contributed by atoms with E-state index < -0.39 is 0 Å². The van der Waals surface area contributed by atoms with Crippen LogP contribution in [0.5, 0.6) is 5.75 Å². The van der Waals surface area contributed by atoms with Crippen LogP contribution < -0.4 is 15.8 Å². The topological polar surface area (TPSA) is 67.6 Å². The van der Waals surface area contributed by atoms with Crippen LogP contribution in [-0.4, -0.2) is 44.6 Å². The van der Waals surface area contributed by atoms with Crippen molar-refractivity contribution in [2.45, 2.75) is 6.42 Å². The van der Waals surface area contributed by atoms with E-state index in [1.807, 2.05) is 19.0 Å². The Hall–Kier alpha value is -1.01. The minimum Gasteiger partial charge on any atom is -0.491 e. The first-order valence-corrected chi connectivity index (χ1v) is 6.47. The highest BCUT2D eigenvalue weighted by molar-refractivity contribution is 6.32. The molecule has 0 aliphatic heterocycles. The van der Waals surface area contributed by atoms with Gasteiger partial charge in [0.2, 0.25) is 5.91 Å². The maximum atomic E-state index is 11.4. The molecule has 1 aromatic carbocycles. The summed E-state index contributed by atoms with van der Waals surface area (Å²) < 4.78 is 5.55. The number of nitrogens with two attached hydrogens (primary N) is 1. The quantitative estimate of drug-likeness (QED) is 0.806. The number of hydrogen-bond donors (Lipinski definition) is 2. The Morgan fingerprint density at radius 3 is 2.70 bits per heavy atom. The zero-order chi connectivity index (χ0) is 14.3. The number of ether oxygens (including phenoxy) is 1. The molecule has 0 unspecified atom stereocenters. The van der Waals surface area contributed by atoms with Gasteiger partial charge in [0.15, 0.2) is 0 Å². The Morgan fingerprint density at radius 2 is 2.15 bits per heavy atom. The Morgan fingerprint density at radius 1 is 1.45 bits per heavy atom. The molecule has 0 saturated heterocycles. The molecule has 0 radical (unpaired) electrons.